The van der Waals surface area contributed by atoms with E-state index in [0.717, 1.165) is 23.1 Å². The molecule has 3 aromatic carbocycles. The van der Waals surface area contributed by atoms with Crippen LogP contribution in [0.15, 0.2) is 72.3 Å². The minimum absolute atomic E-state index is 0.162. The highest BCUT2D eigenvalue weighted by atomic mass is 35.5. The third kappa shape index (κ3) is 3.71. The van der Waals surface area contributed by atoms with E-state index in [1.807, 2.05) is 0 Å². The third-order valence-electron chi connectivity index (χ3n) is 5.15. The van der Waals surface area contributed by atoms with E-state index in [0.29, 0.717) is 11.3 Å². The summed E-state index contributed by atoms with van der Waals surface area (Å²) in [5, 5.41) is 10.7. The lowest BCUT2D eigenvalue weighted by atomic mass is 9.95. The molecule has 8 heteroatoms. The smallest absolute Gasteiger partial charge is 0.300 e. The molecule has 4 rings (SSSR count). The molecule has 0 aromatic heterocycles. The summed E-state index contributed by atoms with van der Waals surface area (Å²) in [4.78, 5) is 27.2. The van der Waals surface area contributed by atoms with Gasteiger partial charge in [0, 0.05) is 11.3 Å². The van der Waals surface area contributed by atoms with E-state index in [4.69, 9.17) is 16.3 Å². The molecule has 1 atom stereocenters. The van der Waals surface area contributed by atoms with Crippen molar-refractivity contribution in [1.82, 2.24) is 0 Å². The number of methoxy groups -OCH3 is 1. The second kappa shape index (κ2) is 8.43. The Morgan fingerprint density at radius 1 is 1.03 bits per heavy atom. The number of hydrogen-bond donors (Lipinski definition) is 1. The van der Waals surface area contributed by atoms with E-state index >= 15 is 0 Å². The quantitative estimate of drug-likeness (QED) is 0.331. The fourth-order valence-corrected chi connectivity index (χ4v) is 3.80. The monoisotopic (exact) mass is 455 g/mol. The Hall–Kier alpha value is -3.71. The van der Waals surface area contributed by atoms with Crippen LogP contribution < -0.4 is 9.64 Å². The number of benzene rings is 3. The van der Waals surface area contributed by atoms with Crippen molar-refractivity contribution in [3.05, 3.63) is 100 Å². The van der Waals surface area contributed by atoms with Gasteiger partial charge in [0.25, 0.3) is 11.7 Å². The summed E-state index contributed by atoms with van der Waals surface area (Å²) in [5.74, 6) is -3.08. The number of Topliss-reactive ketones (excluding diaryl/α,β-unsaturated/α-hetero) is 1. The maximum Gasteiger partial charge on any atom is 0.300 e. The second-order valence-corrected chi connectivity index (χ2v) is 7.46. The van der Waals surface area contributed by atoms with Crippen molar-refractivity contribution in [3.63, 3.8) is 0 Å². The van der Waals surface area contributed by atoms with Gasteiger partial charge >= 0.3 is 0 Å². The summed E-state index contributed by atoms with van der Waals surface area (Å²) in [7, 11) is 1.47. The average molecular weight is 456 g/mol. The third-order valence-corrected chi connectivity index (χ3v) is 5.44. The van der Waals surface area contributed by atoms with Crippen molar-refractivity contribution in [2.75, 3.05) is 12.0 Å². The zero-order chi connectivity index (χ0) is 23.0. The van der Waals surface area contributed by atoms with E-state index in [-0.39, 0.29) is 21.8 Å². The molecular formula is C24H16ClF2NO4. The Labute approximate surface area is 187 Å². The number of halogens is 3. The average Bonchev–Trinajstić information content (AvgIpc) is 3.06. The first-order chi connectivity index (χ1) is 15.3. The maximum atomic E-state index is 13.7. The molecule has 1 amide bonds. The van der Waals surface area contributed by atoms with Gasteiger partial charge in [-0.25, -0.2) is 8.78 Å². The van der Waals surface area contributed by atoms with Gasteiger partial charge in [0.1, 0.15) is 23.1 Å². The lowest BCUT2D eigenvalue weighted by Crippen LogP contribution is -2.29. The molecule has 32 heavy (non-hydrogen) atoms. The van der Waals surface area contributed by atoms with Crippen molar-refractivity contribution < 1.29 is 28.2 Å². The first-order valence-electron chi connectivity index (χ1n) is 9.47. The van der Waals surface area contributed by atoms with Gasteiger partial charge in [-0.3, -0.25) is 14.5 Å². The number of rotatable bonds is 4. The number of carbonyl (C=O) groups excluding carboxylic acids is 2. The first kappa shape index (κ1) is 21.5. The van der Waals surface area contributed by atoms with Crippen LogP contribution in [0.3, 0.4) is 0 Å². The van der Waals surface area contributed by atoms with E-state index < -0.39 is 35.1 Å². The minimum atomic E-state index is -1.06. The minimum Gasteiger partial charge on any atom is -0.507 e. The van der Waals surface area contributed by atoms with Gasteiger partial charge in [-0.15, -0.1) is 0 Å². The van der Waals surface area contributed by atoms with Crippen LogP contribution >= 0.6 is 11.6 Å². The van der Waals surface area contributed by atoms with Gasteiger partial charge in [-0.1, -0.05) is 23.7 Å². The van der Waals surface area contributed by atoms with E-state index in [9.17, 15) is 23.5 Å². The van der Waals surface area contributed by atoms with Gasteiger partial charge in [-0.2, -0.15) is 0 Å². The summed E-state index contributed by atoms with van der Waals surface area (Å²) in [6.45, 7) is 0. The molecule has 0 spiro atoms. The number of aliphatic hydroxyl groups is 1. The van der Waals surface area contributed by atoms with Crippen LogP contribution in [0.1, 0.15) is 17.2 Å². The Morgan fingerprint density at radius 2 is 1.75 bits per heavy atom. The molecule has 3 aromatic rings. The summed E-state index contributed by atoms with van der Waals surface area (Å²) in [6.07, 6.45) is 0. The summed E-state index contributed by atoms with van der Waals surface area (Å²) < 4.78 is 32.4. The predicted molar refractivity (Wildman–Crippen MR) is 116 cm³/mol. The lowest BCUT2D eigenvalue weighted by Gasteiger charge is -2.26. The number of ketones is 1. The molecule has 1 unspecified atom stereocenters. The van der Waals surface area contributed by atoms with Crippen molar-refractivity contribution >= 4 is 34.7 Å². The van der Waals surface area contributed by atoms with Crippen molar-refractivity contribution in [1.29, 1.82) is 0 Å². The molecule has 1 aliphatic rings. The highest BCUT2D eigenvalue weighted by molar-refractivity contribution is 6.51. The molecule has 5 nitrogen and oxygen atoms in total. The maximum absolute atomic E-state index is 13.7. The summed E-state index contributed by atoms with van der Waals surface area (Å²) in [6, 6.07) is 14.1. The van der Waals surface area contributed by atoms with Crippen LogP contribution in [0.2, 0.25) is 5.02 Å². The van der Waals surface area contributed by atoms with Crippen molar-refractivity contribution in [3.8, 4) is 5.75 Å². The Kier molecular flexibility index (Phi) is 5.67. The molecule has 1 heterocycles. The number of carbonyl (C=O) groups is 2. The normalized spacial score (nSPS) is 17.6. The van der Waals surface area contributed by atoms with Crippen LogP contribution in [0.25, 0.3) is 5.76 Å². The van der Waals surface area contributed by atoms with Gasteiger partial charge in [0.05, 0.1) is 23.7 Å². The number of aliphatic hydroxyl groups excluding tert-OH is 1. The largest absolute Gasteiger partial charge is 0.507 e. The molecular weight excluding hydrogens is 440 g/mol. The van der Waals surface area contributed by atoms with E-state index in [2.05, 4.69) is 0 Å². The zero-order valence-electron chi connectivity index (χ0n) is 16.7. The van der Waals surface area contributed by atoms with Crippen molar-refractivity contribution in [2.45, 2.75) is 6.04 Å². The predicted octanol–water partition coefficient (Wildman–Crippen LogP) is 5.25. The van der Waals surface area contributed by atoms with Gasteiger partial charge in [0.2, 0.25) is 0 Å². The Balaban J connectivity index is 1.96. The van der Waals surface area contributed by atoms with Gasteiger partial charge < -0.3 is 9.84 Å². The number of anilines is 1. The zero-order valence-corrected chi connectivity index (χ0v) is 17.4. The van der Waals surface area contributed by atoms with Crippen molar-refractivity contribution in [2.24, 2.45) is 0 Å². The number of nitrogens with zero attached hydrogens (tertiary/aromatic N) is 1. The highest BCUT2D eigenvalue weighted by Crippen LogP contribution is 2.43. The Morgan fingerprint density at radius 3 is 2.41 bits per heavy atom. The number of hydrogen-bond acceptors (Lipinski definition) is 4. The summed E-state index contributed by atoms with van der Waals surface area (Å²) in [5.41, 5.74) is 0.599. The molecule has 1 N–H and O–H groups in total. The van der Waals surface area contributed by atoms with Gasteiger partial charge in [0.15, 0.2) is 0 Å². The molecule has 0 bridgehead atoms. The lowest BCUT2D eigenvalue weighted by molar-refractivity contribution is -0.132. The topological polar surface area (TPSA) is 66.8 Å². The van der Waals surface area contributed by atoms with E-state index in [1.165, 1.54) is 31.4 Å². The first-order valence-corrected chi connectivity index (χ1v) is 9.85. The molecule has 1 fully saturated rings. The molecule has 162 valence electrons. The van der Waals surface area contributed by atoms with Crippen LogP contribution in [0.4, 0.5) is 14.5 Å². The summed E-state index contributed by atoms with van der Waals surface area (Å²) >= 11 is 5.91. The number of ether oxygens (including phenoxy) is 1. The highest BCUT2D eigenvalue weighted by Gasteiger charge is 2.47. The molecule has 1 saturated heterocycles. The molecule has 0 aliphatic carbocycles. The molecule has 0 saturated carbocycles. The van der Waals surface area contributed by atoms with Gasteiger partial charge in [-0.05, 0) is 60.2 Å². The van der Waals surface area contributed by atoms with Crippen LogP contribution in [-0.4, -0.2) is 23.9 Å². The van der Waals surface area contributed by atoms with E-state index in [1.54, 1.807) is 24.3 Å². The van der Waals surface area contributed by atoms with Crippen LogP contribution in [-0.2, 0) is 9.59 Å². The van der Waals surface area contributed by atoms with Crippen LogP contribution in [0, 0.1) is 11.6 Å². The fourth-order valence-electron chi connectivity index (χ4n) is 3.62. The number of amides is 1. The fraction of sp³-hybridized carbons (Fsp3) is 0.0833. The van der Waals surface area contributed by atoms with Crippen LogP contribution in [0.5, 0.6) is 5.75 Å². The molecule has 0 radical (unpaired) electrons. The Bertz CT molecular complexity index is 1260. The second-order valence-electron chi connectivity index (χ2n) is 7.05. The molecule has 1 aliphatic heterocycles. The standard InChI is InChI=1S/C24H16ClF2NO4/c1-32-17-4-2-3-14(11-17)21-20(22(29)13-5-7-15(26)8-6-13)23(30)24(31)28(21)16-9-10-19(27)18(25)12-16/h2-12,21,29H,1H3/b22-20+. The SMILES string of the molecule is COc1cccc(C2/C(=C(\O)c3ccc(F)cc3)C(=O)C(=O)N2c2ccc(F)c(Cl)c2)c1.